The summed E-state index contributed by atoms with van der Waals surface area (Å²) >= 11 is 0. The topological polar surface area (TPSA) is 121 Å². The van der Waals surface area contributed by atoms with Crippen LogP contribution < -0.4 is 0 Å². The average molecular weight is 312 g/mol. The van der Waals surface area contributed by atoms with Crippen LogP contribution in [0.5, 0.6) is 0 Å². The maximum atomic E-state index is 11.6. The molecule has 11 heteroatoms. The molecule has 2 aromatic rings. The van der Waals surface area contributed by atoms with Gasteiger partial charge in [0, 0.05) is 24.0 Å². The summed E-state index contributed by atoms with van der Waals surface area (Å²) in [7, 11) is -3.49. The van der Waals surface area contributed by atoms with Gasteiger partial charge < -0.3 is 0 Å². The van der Waals surface area contributed by atoms with E-state index in [9.17, 15) is 13.3 Å². The molecular weight excluding hydrogens is 300 g/mol. The van der Waals surface area contributed by atoms with Crippen LogP contribution in [0.4, 0.5) is 5.95 Å². The van der Waals surface area contributed by atoms with Gasteiger partial charge in [0.05, 0.1) is 23.7 Å². The number of rotatable bonds is 5. The molecule has 0 aromatic carbocycles. The lowest BCUT2D eigenvalue weighted by molar-refractivity contribution is 0.354. The molecule has 0 spiro atoms. The summed E-state index contributed by atoms with van der Waals surface area (Å²) < 4.78 is 30.8. The number of hydrogen-bond acceptors (Lipinski definition) is 8. The van der Waals surface area contributed by atoms with Gasteiger partial charge in [0.2, 0.25) is 0 Å². The summed E-state index contributed by atoms with van der Waals surface area (Å²) in [5, 5.41) is 10.0. The molecule has 3 rings (SSSR count). The molecule has 0 aliphatic carbocycles. The van der Waals surface area contributed by atoms with E-state index in [2.05, 4.69) is 20.5 Å². The second kappa shape index (κ2) is 5.33. The van der Waals surface area contributed by atoms with Crippen molar-refractivity contribution in [3.05, 3.63) is 29.2 Å². The normalized spacial score (nSPS) is 20.7. The van der Waals surface area contributed by atoms with Gasteiger partial charge in [-0.2, -0.15) is 8.42 Å². The van der Waals surface area contributed by atoms with E-state index in [0.29, 0.717) is 12.1 Å². The molecule has 1 aliphatic heterocycles. The summed E-state index contributed by atoms with van der Waals surface area (Å²) in [6.45, 7) is 0.437. The molecular formula is C10H12N6O4S. The highest BCUT2D eigenvalue weighted by Crippen LogP contribution is 2.20. The van der Waals surface area contributed by atoms with Gasteiger partial charge in [0.1, 0.15) is 6.67 Å². The summed E-state index contributed by atoms with van der Waals surface area (Å²) in [5.41, 5.74) is 0.551. The molecule has 3 heterocycles. The zero-order chi connectivity index (χ0) is 14.9. The molecule has 2 aromatic heterocycles. The number of aromatic nitrogens is 5. The lowest BCUT2D eigenvalue weighted by Crippen LogP contribution is -2.17. The fourth-order valence-electron chi connectivity index (χ4n) is 2.14. The van der Waals surface area contributed by atoms with Crippen molar-refractivity contribution in [3.63, 3.8) is 0 Å². The maximum Gasteiger partial charge on any atom is 0.273 e. The largest absolute Gasteiger partial charge is 0.293 e. The van der Waals surface area contributed by atoms with Crippen LogP contribution in [0.3, 0.4) is 0 Å². The van der Waals surface area contributed by atoms with Gasteiger partial charge in [0.15, 0.2) is 0 Å². The highest BCUT2D eigenvalue weighted by atomic mass is 32.2. The van der Waals surface area contributed by atoms with Crippen molar-refractivity contribution in [3.8, 4) is 0 Å². The fourth-order valence-corrected chi connectivity index (χ4v) is 3.42. The molecule has 1 unspecified atom stereocenters. The van der Waals surface area contributed by atoms with Crippen molar-refractivity contribution < 1.29 is 12.6 Å². The van der Waals surface area contributed by atoms with Crippen LogP contribution >= 0.6 is 0 Å². The predicted octanol–water partition coefficient (Wildman–Crippen LogP) is 0.0395. The zero-order valence-corrected chi connectivity index (χ0v) is 11.7. The molecule has 112 valence electrons. The van der Waals surface area contributed by atoms with Gasteiger partial charge in [-0.05, 0) is 6.42 Å². The Hall–Kier alpha value is -2.14. The van der Waals surface area contributed by atoms with Gasteiger partial charge in [-0.3, -0.25) is 8.75 Å². The van der Waals surface area contributed by atoms with E-state index >= 15 is 0 Å². The van der Waals surface area contributed by atoms with E-state index in [0.717, 1.165) is 0 Å². The molecule has 0 amide bonds. The molecule has 0 bridgehead atoms. The number of nitroso groups, excluding NO2 is 1. The van der Waals surface area contributed by atoms with Gasteiger partial charge >= 0.3 is 0 Å². The SMILES string of the molecule is O=Nc1nccn1Cn1cc(CC2CCOS2(=O)=O)nn1. The average Bonchev–Trinajstić information content (AvgIpc) is 3.13. The van der Waals surface area contributed by atoms with Crippen LogP contribution in [0.25, 0.3) is 0 Å². The number of imidazole rings is 1. The van der Waals surface area contributed by atoms with Crippen molar-refractivity contribution >= 4 is 16.1 Å². The van der Waals surface area contributed by atoms with Crippen LogP contribution in [0, 0.1) is 4.91 Å². The Kier molecular flexibility index (Phi) is 3.51. The van der Waals surface area contributed by atoms with E-state index in [1.165, 1.54) is 15.4 Å². The minimum atomic E-state index is -3.49. The monoisotopic (exact) mass is 312 g/mol. The second-order valence-electron chi connectivity index (χ2n) is 4.61. The third-order valence-corrected chi connectivity index (χ3v) is 4.91. The van der Waals surface area contributed by atoms with Gasteiger partial charge in [0.25, 0.3) is 16.1 Å². The zero-order valence-electron chi connectivity index (χ0n) is 10.9. The Morgan fingerprint density at radius 3 is 3.05 bits per heavy atom. The van der Waals surface area contributed by atoms with E-state index in [1.54, 1.807) is 12.4 Å². The van der Waals surface area contributed by atoms with Crippen molar-refractivity contribution in [2.24, 2.45) is 5.18 Å². The Labute approximate surface area is 119 Å². The molecule has 0 radical (unpaired) electrons. The Morgan fingerprint density at radius 1 is 1.48 bits per heavy atom. The first-order chi connectivity index (χ1) is 10.1. The fraction of sp³-hybridized carbons (Fsp3) is 0.500. The lowest BCUT2D eigenvalue weighted by atomic mass is 10.2. The standard InChI is InChI=1S/C10H12N6O4S/c17-13-10-11-2-3-15(10)7-16-6-8(12-14-16)5-9-1-4-20-21(9,18)19/h2-3,6,9H,1,4-5,7H2. The molecule has 1 saturated heterocycles. The molecule has 0 saturated carbocycles. The van der Waals surface area contributed by atoms with Gasteiger partial charge in [-0.25, -0.2) is 9.67 Å². The lowest BCUT2D eigenvalue weighted by Gasteiger charge is -2.04. The minimum Gasteiger partial charge on any atom is -0.293 e. The summed E-state index contributed by atoms with van der Waals surface area (Å²) in [6, 6.07) is 0. The third-order valence-electron chi connectivity index (χ3n) is 3.19. The highest BCUT2D eigenvalue weighted by Gasteiger charge is 2.33. The second-order valence-corrected chi connectivity index (χ2v) is 6.50. The Bertz CT molecular complexity index is 751. The molecule has 21 heavy (non-hydrogen) atoms. The summed E-state index contributed by atoms with van der Waals surface area (Å²) in [6.07, 6.45) is 5.38. The third kappa shape index (κ3) is 2.83. The first-order valence-corrected chi connectivity index (χ1v) is 7.67. The summed E-state index contributed by atoms with van der Waals surface area (Å²) in [5.74, 6) is 0.0406. The Balaban J connectivity index is 1.71. The number of nitrogens with zero attached hydrogens (tertiary/aromatic N) is 6. The predicted molar refractivity (Wildman–Crippen MR) is 70.1 cm³/mol. The van der Waals surface area contributed by atoms with E-state index in [1.807, 2.05) is 0 Å². The van der Waals surface area contributed by atoms with E-state index in [-0.39, 0.29) is 25.6 Å². The van der Waals surface area contributed by atoms with Crippen LogP contribution in [0.2, 0.25) is 0 Å². The number of hydrogen-bond donors (Lipinski definition) is 0. The van der Waals surface area contributed by atoms with Crippen LogP contribution in [0.15, 0.2) is 23.8 Å². The molecule has 1 fully saturated rings. The van der Waals surface area contributed by atoms with Crippen molar-refractivity contribution in [2.75, 3.05) is 6.61 Å². The molecule has 0 N–H and O–H groups in total. The van der Waals surface area contributed by atoms with Gasteiger partial charge in [-0.1, -0.05) is 5.21 Å². The van der Waals surface area contributed by atoms with Crippen molar-refractivity contribution in [1.29, 1.82) is 0 Å². The molecule has 1 atom stereocenters. The van der Waals surface area contributed by atoms with Crippen LogP contribution in [0.1, 0.15) is 12.1 Å². The van der Waals surface area contributed by atoms with E-state index in [4.69, 9.17) is 4.18 Å². The quantitative estimate of drug-likeness (QED) is 0.564. The van der Waals surface area contributed by atoms with Gasteiger partial charge in [-0.15, -0.1) is 10.0 Å². The van der Waals surface area contributed by atoms with Crippen LogP contribution in [-0.4, -0.2) is 44.8 Å². The minimum absolute atomic E-state index is 0.0406. The Morgan fingerprint density at radius 2 is 2.33 bits per heavy atom. The first-order valence-electron chi connectivity index (χ1n) is 6.20. The van der Waals surface area contributed by atoms with Crippen molar-refractivity contribution in [2.45, 2.75) is 24.8 Å². The molecule has 1 aliphatic rings. The van der Waals surface area contributed by atoms with Crippen LogP contribution in [-0.2, 0) is 27.4 Å². The maximum absolute atomic E-state index is 11.6. The van der Waals surface area contributed by atoms with Crippen molar-refractivity contribution in [1.82, 2.24) is 24.5 Å². The summed E-state index contributed by atoms with van der Waals surface area (Å²) in [4.78, 5) is 14.3. The first kappa shape index (κ1) is 13.8. The smallest absolute Gasteiger partial charge is 0.273 e. The van der Waals surface area contributed by atoms with E-state index < -0.39 is 15.4 Å². The highest BCUT2D eigenvalue weighted by molar-refractivity contribution is 7.87. The molecule has 10 nitrogen and oxygen atoms in total.